The topological polar surface area (TPSA) is 93.5 Å². The van der Waals surface area contributed by atoms with E-state index < -0.39 is 12.0 Å². The summed E-state index contributed by atoms with van der Waals surface area (Å²) in [5.41, 5.74) is 0.350. The van der Waals surface area contributed by atoms with Gasteiger partial charge in [-0.1, -0.05) is 0 Å². The molecule has 20 heavy (non-hydrogen) atoms. The maximum absolute atomic E-state index is 11.8. The van der Waals surface area contributed by atoms with Crippen molar-refractivity contribution in [1.29, 1.82) is 0 Å². The Balaban J connectivity index is 2.39. The first-order chi connectivity index (χ1) is 9.41. The molecule has 1 atom stereocenters. The maximum atomic E-state index is 11.8. The van der Waals surface area contributed by atoms with E-state index in [1.807, 2.05) is 13.8 Å². The molecule has 0 aliphatic rings. The first-order valence-corrected chi connectivity index (χ1v) is 6.58. The number of hydrogen-bond donors (Lipinski definition) is 2. The summed E-state index contributed by atoms with van der Waals surface area (Å²) in [5.74, 6) is -1.26. The average molecular weight is 283 g/mol. The summed E-state index contributed by atoms with van der Waals surface area (Å²) in [6, 6.07) is -0.795. The van der Waals surface area contributed by atoms with Gasteiger partial charge in [-0.05, 0) is 27.2 Å². The fourth-order valence-corrected chi connectivity index (χ4v) is 1.48. The second-order valence-corrected chi connectivity index (χ2v) is 4.75. The summed E-state index contributed by atoms with van der Waals surface area (Å²) < 4.78 is 6.61. The predicted molar refractivity (Wildman–Crippen MR) is 72.6 cm³/mol. The molecule has 7 heteroatoms. The van der Waals surface area contributed by atoms with Crippen molar-refractivity contribution in [3.63, 3.8) is 0 Å². The quantitative estimate of drug-likeness (QED) is 0.696. The van der Waals surface area contributed by atoms with E-state index in [-0.39, 0.29) is 12.0 Å². The average Bonchev–Trinajstić information content (AvgIpc) is 2.86. The molecule has 1 heterocycles. The van der Waals surface area contributed by atoms with E-state index in [2.05, 4.69) is 10.4 Å². The van der Waals surface area contributed by atoms with Gasteiger partial charge in [-0.2, -0.15) is 5.10 Å². The van der Waals surface area contributed by atoms with E-state index in [9.17, 15) is 9.59 Å². The molecule has 1 aromatic heterocycles. The Hall–Kier alpha value is -1.89. The van der Waals surface area contributed by atoms with Crippen LogP contribution in [0.15, 0.2) is 12.4 Å². The molecule has 0 radical (unpaired) electrons. The number of carbonyl (C=O) groups excluding carboxylic acids is 1. The maximum Gasteiger partial charge on any atom is 0.328 e. The lowest BCUT2D eigenvalue weighted by atomic mass is 10.3. The molecule has 0 aromatic carbocycles. The molecule has 0 saturated carbocycles. The summed E-state index contributed by atoms with van der Waals surface area (Å²) in [7, 11) is 0. The van der Waals surface area contributed by atoms with Crippen LogP contribution in [0.2, 0.25) is 0 Å². The highest BCUT2D eigenvalue weighted by Gasteiger charge is 2.16. The number of nitrogens with one attached hydrogen (secondary N) is 1. The van der Waals surface area contributed by atoms with Crippen LogP contribution in [0.1, 0.15) is 43.6 Å². The number of carbonyl (C=O) groups is 2. The molecule has 0 aliphatic heterocycles. The van der Waals surface area contributed by atoms with Crippen LogP contribution in [-0.4, -0.2) is 46.0 Å². The summed E-state index contributed by atoms with van der Waals surface area (Å²) in [5, 5.41) is 15.5. The number of amides is 1. The Morgan fingerprint density at radius 3 is 2.75 bits per heavy atom. The van der Waals surface area contributed by atoms with Crippen LogP contribution in [0, 0.1) is 0 Å². The van der Waals surface area contributed by atoms with E-state index in [0.717, 1.165) is 6.42 Å². The number of carboxylic acid groups (broad SMARTS) is 1. The van der Waals surface area contributed by atoms with Gasteiger partial charge in [0, 0.05) is 19.3 Å². The molecule has 0 spiro atoms. The monoisotopic (exact) mass is 283 g/mol. The molecule has 2 N–H and O–H groups in total. The summed E-state index contributed by atoms with van der Waals surface area (Å²) in [4.78, 5) is 22.6. The molecular formula is C13H21N3O4. The molecular weight excluding hydrogens is 262 g/mol. The van der Waals surface area contributed by atoms with Crippen molar-refractivity contribution in [3.8, 4) is 0 Å². The van der Waals surface area contributed by atoms with Gasteiger partial charge in [0.05, 0.1) is 17.9 Å². The zero-order valence-corrected chi connectivity index (χ0v) is 12.0. The minimum absolute atomic E-state index is 0.182. The summed E-state index contributed by atoms with van der Waals surface area (Å²) in [6.07, 6.45) is 3.70. The Labute approximate surface area is 117 Å². The van der Waals surface area contributed by atoms with Crippen LogP contribution in [0.3, 0.4) is 0 Å². The lowest BCUT2D eigenvalue weighted by Crippen LogP contribution is -2.25. The first-order valence-electron chi connectivity index (χ1n) is 6.58. The fourth-order valence-electron chi connectivity index (χ4n) is 1.48. The second kappa shape index (κ2) is 7.64. The lowest BCUT2D eigenvalue weighted by Gasteiger charge is -2.07. The second-order valence-electron chi connectivity index (χ2n) is 4.75. The SMILES string of the molecule is CC(C)OCCCNC(=O)c1cnn(C(C)C(=O)O)c1. The number of aromatic nitrogens is 2. The third-order valence-corrected chi connectivity index (χ3v) is 2.68. The van der Waals surface area contributed by atoms with E-state index in [1.165, 1.54) is 24.0 Å². The Morgan fingerprint density at radius 2 is 2.15 bits per heavy atom. The minimum atomic E-state index is -0.995. The van der Waals surface area contributed by atoms with Gasteiger partial charge in [0.2, 0.25) is 0 Å². The molecule has 0 aliphatic carbocycles. The van der Waals surface area contributed by atoms with Crippen LogP contribution in [0.5, 0.6) is 0 Å². The highest BCUT2D eigenvalue weighted by molar-refractivity contribution is 5.93. The molecule has 1 amide bonds. The van der Waals surface area contributed by atoms with E-state index in [1.54, 1.807) is 0 Å². The predicted octanol–water partition coefficient (Wildman–Crippen LogP) is 1.07. The zero-order chi connectivity index (χ0) is 15.1. The number of rotatable bonds is 8. The Bertz CT molecular complexity index is 456. The van der Waals surface area contributed by atoms with Crippen LogP contribution >= 0.6 is 0 Å². The van der Waals surface area contributed by atoms with Gasteiger partial charge >= 0.3 is 5.97 Å². The third-order valence-electron chi connectivity index (χ3n) is 2.68. The van der Waals surface area contributed by atoms with Crippen LogP contribution in [-0.2, 0) is 9.53 Å². The molecule has 0 fully saturated rings. The van der Waals surface area contributed by atoms with Crippen molar-refractivity contribution in [1.82, 2.24) is 15.1 Å². The molecule has 7 nitrogen and oxygen atoms in total. The molecule has 0 bridgehead atoms. The number of carboxylic acids is 1. The normalized spacial score (nSPS) is 12.4. The number of aliphatic carboxylic acids is 1. The Morgan fingerprint density at radius 1 is 1.45 bits per heavy atom. The lowest BCUT2D eigenvalue weighted by molar-refractivity contribution is -0.140. The van der Waals surface area contributed by atoms with Crippen molar-refractivity contribution < 1.29 is 19.4 Å². The number of nitrogens with zero attached hydrogens (tertiary/aromatic N) is 2. The first kappa shape index (κ1) is 16.2. The molecule has 112 valence electrons. The smallest absolute Gasteiger partial charge is 0.328 e. The Kier molecular flexibility index (Phi) is 6.17. The minimum Gasteiger partial charge on any atom is -0.480 e. The number of hydrogen-bond acceptors (Lipinski definition) is 4. The van der Waals surface area contributed by atoms with E-state index >= 15 is 0 Å². The molecule has 1 rings (SSSR count). The molecule has 1 aromatic rings. The van der Waals surface area contributed by atoms with Gasteiger partial charge in [-0.3, -0.25) is 9.48 Å². The summed E-state index contributed by atoms with van der Waals surface area (Å²) >= 11 is 0. The van der Waals surface area contributed by atoms with Gasteiger partial charge < -0.3 is 15.2 Å². The highest BCUT2D eigenvalue weighted by atomic mass is 16.5. The van der Waals surface area contributed by atoms with Crippen LogP contribution in [0.25, 0.3) is 0 Å². The highest BCUT2D eigenvalue weighted by Crippen LogP contribution is 2.06. The van der Waals surface area contributed by atoms with Gasteiger partial charge in [0.25, 0.3) is 5.91 Å². The van der Waals surface area contributed by atoms with Crippen LogP contribution in [0.4, 0.5) is 0 Å². The van der Waals surface area contributed by atoms with Crippen LogP contribution < -0.4 is 5.32 Å². The molecule has 1 unspecified atom stereocenters. The van der Waals surface area contributed by atoms with E-state index in [4.69, 9.17) is 9.84 Å². The van der Waals surface area contributed by atoms with Crippen molar-refractivity contribution in [2.45, 2.75) is 39.3 Å². The zero-order valence-electron chi connectivity index (χ0n) is 12.0. The largest absolute Gasteiger partial charge is 0.480 e. The van der Waals surface area contributed by atoms with Crippen molar-refractivity contribution in [2.75, 3.05) is 13.2 Å². The van der Waals surface area contributed by atoms with E-state index in [0.29, 0.717) is 18.7 Å². The van der Waals surface area contributed by atoms with Crippen molar-refractivity contribution >= 4 is 11.9 Å². The fraction of sp³-hybridized carbons (Fsp3) is 0.615. The summed E-state index contributed by atoms with van der Waals surface area (Å²) in [6.45, 7) is 6.51. The van der Waals surface area contributed by atoms with Gasteiger partial charge in [0.1, 0.15) is 6.04 Å². The molecule has 0 saturated heterocycles. The number of ether oxygens (including phenoxy) is 1. The third kappa shape index (κ3) is 5.00. The van der Waals surface area contributed by atoms with Gasteiger partial charge in [-0.25, -0.2) is 4.79 Å². The standard InChI is InChI=1S/C13H21N3O4/c1-9(2)20-6-4-5-14-12(17)11-7-15-16(8-11)10(3)13(18)19/h7-10H,4-6H2,1-3H3,(H,14,17)(H,18,19). The van der Waals surface area contributed by atoms with Crippen molar-refractivity contribution in [3.05, 3.63) is 18.0 Å². The van der Waals surface area contributed by atoms with Crippen molar-refractivity contribution in [2.24, 2.45) is 0 Å². The van der Waals surface area contributed by atoms with Gasteiger partial charge in [0.15, 0.2) is 0 Å². The van der Waals surface area contributed by atoms with Gasteiger partial charge in [-0.15, -0.1) is 0 Å².